The number of hydrogen-bond donors (Lipinski definition) is 2. The maximum Gasteiger partial charge on any atom is 0.411 e. The monoisotopic (exact) mass is 501 g/mol. The first kappa shape index (κ1) is 23.0. The van der Waals surface area contributed by atoms with Crippen LogP contribution in [0.1, 0.15) is 22.0 Å². The van der Waals surface area contributed by atoms with Gasteiger partial charge >= 0.3 is 6.18 Å². The van der Waals surface area contributed by atoms with Crippen molar-refractivity contribution in [2.75, 3.05) is 5.01 Å². The van der Waals surface area contributed by atoms with E-state index in [1.165, 1.54) is 36.4 Å². The predicted octanol–water partition coefficient (Wildman–Crippen LogP) is 4.91. The van der Waals surface area contributed by atoms with Crippen molar-refractivity contribution in [2.45, 2.75) is 18.1 Å². The van der Waals surface area contributed by atoms with Gasteiger partial charge in [0.15, 0.2) is 11.8 Å². The number of anilines is 1. The molecule has 1 aliphatic rings. The van der Waals surface area contributed by atoms with E-state index in [0.717, 1.165) is 12.3 Å². The van der Waals surface area contributed by atoms with Crippen LogP contribution in [0.4, 0.5) is 23.2 Å². The molecule has 0 spiro atoms. The van der Waals surface area contributed by atoms with Crippen molar-refractivity contribution in [3.8, 4) is 11.3 Å². The Bertz CT molecular complexity index is 1230. The summed E-state index contributed by atoms with van der Waals surface area (Å²) in [7, 11) is 0. The lowest BCUT2D eigenvalue weighted by Gasteiger charge is -2.29. The molecule has 0 saturated carbocycles. The Hall–Kier alpha value is -3.15. The summed E-state index contributed by atoms with van der Waals surface area (Å²) in [6.07, 6.45) is -3.87. The highest BCUT2D eigenvalue weighted by Crippen LogP contribution is 2.44. The number of nitrogens with one attached hydrogen (secondary N) is 1. The maximum atomic E-state index is 14.5. The van der Waals surface area contributed by atoms with E-state index in [9.17, 15) is 22.4 Å². The summed E-state index contributed by atoms with van der Waals surface area (Å²) in [5, 5.41) is 8.32. The average Bonchev–Trinajstić information content (AvgIpc) is 3.37. The second-order valence-electron chi connectivity index (χ2n) is 6.94. The number of nitrogens with zero attached hydrogens (tertiary/aromatic N) is 3. The number of amides is 1. The number of benzene rings is 2. The van der Waals surface area contributed by atoms with E-state index >= 15 is 0 Å². The number of halogens is 6. The van der Waals surface area contributed by atoms with Crippen molar-refractivity contribution in [3.05, 3.63) is 69.7 Å². The Morgan fingerprint density at radius 3 is 2.55 bits per heavy atom. The molecule has 2 atom stereocenters. The van der Waals surface area contributed by atoms with E-state index in [2.05, 4.69) is 10.3 Å². The van der Waals surface area contributed by atoms with Crippen LogP contribution in [0.2, 0.25) is 10.0 Å². The molecule has 0 radical (unpaired) electrons. The number of hydrogen-bond acceptors (Lipinski definition) is 6. The first-order valence-electron chi connectivity index (χ1n) is 9.24. The van der Waals surface area contributed by atoms with Crippen LogP contribution in [-0.2, 0) is 0 Å². The molecule has 1 aromatic heterocycles. The number of carbonyl (C=O) groups is 1. The van der Waals surface area contributed by atoms with E-state index < -0.39 is 46.9 Å². The van der Waals surface area contributed by atoms with Crippen molar-refractivity contribution in [1.82, 2.24) is 10.6 Å². The average molecular weight is 502 g/mol. The van der Waals surface area contributed by atoms with Crippen LogP contribution < -0.4 is 16.3 Å². The second-order valence-corrected chi connectivity index (χ2v) is 7.79. The molecule has 0 aliphatic carbocycles. The van der Waals surface area contributed by atoms with Crippen molar-refractivity contribution in [2.24, 2.45) is 10.9 Å². The number of aromatic nitrogens is 1. The standard InChI is InChI=1S/C20H13Cl2F4N5O2/c21-9-3-1-4-10(7-9)31-18(20(24,25)26)11(8-28-31)17-15(19(32)29-27)16(30-33-17)14-12(22)5-2-6-13(14)23/h1-8,11,18H,27H2,(H,29,32). The van der Waals surface area contributed by atoms with Crippen LogP contribution in [0.5, 0.6) is 0 Å². The predicted molar refractivity (Wildman–Crippen MR) is 114 cm³/mol. The fourth-order valence-corrected chi connectivity index (χ4v) is 4.00. The molecule has 2 aromatic carbocycles. The van der Waals surface area contributed by atoms with Crippen LogP contribution in [-0.4, -0.2) is 29.5 Å². The molecule has 0 saturated heterocycles. The van der Waals surface area contributed by atoms with Gasteiger partial charge in [-0.1, -0.05) is 40.5 Å². The SMILES string of the molecule is NNC(=O)c1c(-c2c(F)cccc2Cl)noc1C1C=NN(c2cccc(Cl)c2)C1C(F)(F)F. The van der Waals surface area contributed by atoms with Crippen molar-refractivity contribution >= 4 is 41.0 Å². The molecule has 3 aromatic rings. The summed E-state index contributed by atoms with van der Waals surface area (Å²) in [6.45, 7) is 0. The highest BCUT2D eigenvalue weighted by molar-refractivity contribution is 6.33. The molecule has 3 N–H and O–H groups in total. The summed E-state index contributed by atoms with van der Waals surface area (Å²) in [5.41, 5.74) is 0.668. The van der Waals surface area contributed by atoms with Gasteiger partial charge in [0.2, 0.25) is 0 Å². The van der Waals surface area contributed by atoms with E-state index in [1.54, 1.807) is 0 Å². The van der Waals surface area contributed by atoms with Crippen molar-refractivity contribution in [3.63, 3.8) is 0 Å². The van der Waals surface area contributed by atoms with Crippen LogP contribution in [0, 0.1) is 5.82 Å². The number of alkyl halides is 3. The normalized spacial score (nSPS) is 18.1. The number of hydrazone groups is 1. The molecule has 1 aliphatic heterocycles. The largest absolute Gasteiger partial charge is 0.411 e. The quantitative estimate of drug-likeness (QED) is 0.229. The molecule has 2 unspecified atom stereocenters. The van der Waals surface area contributed by atoms with Crippen LogP contribution in [0.15, 0.2) is 52.1 Å². The summed E-state index contributed by atoms with van der Waals surface area (Å²) >= 11 is 12.0. The fourth-order valence-electron chi connectivity index (χ4n) is 3.56. The van der Waals surface area contributed by atoms with Gasteiger partial charge in [0.05, 0.1) is 22.2 Å². The van der Waals surface area contributed by atoms with Crippen LogP contribution >= 0.6 is 23.2 Å². The molecule has 13 heteroatoms. The van der Waals surface area contributed by atoms with Gasteiger partial charge in [0, 0.05) is 11.2 Å². The summed E-state index contributed by atoms with van der Waals surface area (Å²) in [6, 6.07) is 7.07. The third kappa shape index (κ3) is 4.14. The minimum absolute atomic E-state index is 0.0605. The van der Waals surface area contributed by atoms with Gasteiger partial charge in [-0.3, -0.25) is 15.2 Å². The topological polar surface area (TPSA) is 96.7 Å². The number of hydrazine groups is 1. The first-order chi connectivity index (χ1) is 15.6. The number of carbonyl (C=O) groups excluding carboxylic acids is 1. The van der Waals surface area contributed by atoms with Gasteiger partial charge in [-0.15, -0.1) is 0 Å². The molecule has 172 valence electrons. The van der Waals surface area contributed by atoms with Gasteiger partial charge in [-0.25, -0.2) is 10.2 Å². The molecule has 0 fully saturated rings. The third-order valence-corrected chi connectivity index (χ3v) is 5.49. The Kier molecular flexibility index (Phi) is 6.04. The molecule has 7 nitrogen and oxygen atoms in total. The van der Waals surface area contributed by atoms with Crippen LogP contribution in [0.3, 0.4) is 0 Å². The van der Waals surface area contributed by atoms with Gasteiger partial charge in [-0.05, 0) is 30.3 Å². The number of rotatable bonds is 4. The number of nitrogen functional groups attached to an aromatic ring is 1. The lowest BCUT2D eigenvalue weighted by Crippen LogP contribution is -2.44. The summed E-state index contributed by atoms with van der Waals surface area (Å²) in [5.74, 6) is 1.19. The minimum Gasteiger partial charge on any atom is -0.359 e. The number of nitrogens with two attached hydrogens (primary N) is 1. The Balaban J connectivity index is 1.87. The Labute approximate surface area is 193 Å². The van der Waals surface area contributed by atoms with Gasteiger partial charge in [-0.2, -0.15) is 18.3 Å². The van der Waals surface area contributed by atoms with Crippen LogP contribution in [0.25, 0.3) is 11.3 Å². The highest BCUT2D eigenvalue weighted by atomic mass is 35.5. The van der Waals surface area contributed by atoms with E-state index in [0.29, 0.717) is 5.01 Å². The van der Waals surface area contributed by atoms with Crippen molar-refractivity contribution < 1.29 is 26.9 Å². The zero-order valence-corrected chi connectivity index (χ0v) is 17.8. The molecule has 2 heterocycles. The van der Waals surface area contributed by atoms with Gasteiger partial charge < -0.3 is 4.52 Å². The van der Waals surface area contributed by atoms with Crippen molar-refractivity contribution in [1.29, 1.82) is 0 Å². The van der Waals surface area contributed by atoms with E-state index in [4.69, 9.17) is 33.6 Å². The zero-order chi connectivity index (χ0) is 23.9. The van der Waals surface area contributed by atoms with Gasteiger partial charge in [0.1, 0.15) is 17.1 Å². The summed E-state index contributed by atoms with van der Waals surface area (Å²) in [4.78, 5) is 12.6. The molecular formula is C20H13Cl2F4N5O2. The van der Waals surface area contributed by atoms with E-state index in [-0.39, 0.29) is 21.3 Å². The molecule has 0 bridgehead atoms. The Morgan fingerprint density at radius 2 is 1.91 bits per heavy atom. The molecule has 1 amide bonds. The second kappa shape index (κ2) is 8.65. The third-order valence-electron chi connectivity index (χ3n) is 4.94. The molecular weight excluding hydrogens is 489 g/mol. The lowest BCUT2D eigenvalue weighted by atomic mass is 9.92. The molecule has 33 heavy (non-hydrogen) atoms. The van der Waals surface area contributed by atoms with Gasteiger partial charge in [0.25, 0.3) is 5.91 Å². The lowest BCUT2D eigenvalue weighted by molar-refractivity contribution is -0.149. The maximum absolute atomic E-state index is 14.5. The fraction of sp³-hybridized carbons (Fsp3) is 0.150. The zero-order valence-electron chi connectivity index (χ0n) is 16.3. The Morgan fingerprint density at radius 1 is 1.18 bits per heavy atom. The molecule has 4 rings (SSSR count). The summed E-state index contributed by atoms with van der Waals surface area (Å²) < 4.78 is 62.2. The minimum atomic E-state index is -4.83. The smallest absolute Gasteiger partial charge is 0.359 e. The van der Waals surface area contributed by atoms with E-state index in [1.807, 2.05) is 5.43 Å². The first-order valence-corrected chi connectivity index (χ1v) is 9.99. The highest BCUT2D eigenvalue weighted by Gasteiger charge is 2.54.